The summed E-state index contributed by atoms with van der Waals surface area (Å²) in [4.78, 5) is 7.93. The van der Waals surface area contributed by atoms with Gasteiger partial charge in [-0.05, 0) is 19.1 Å². The number of hydrogen-bond acceptors (Lipinski definition) is 10. The van der Waals surface area contributed by atoms with Crippen molar-refractivity contribution in [2.75, 3.05) is 43.8 Å². The van der Waals surface area contributed by atoms with E-state index in [9.17, 15) is 0 Å². The molecule has 1 unspecified atom stereocenters. The van der Waals surface area contributed by atoms with Crippen LogP contribution < -0.4 is 36.7 Å². The van der Waals surface area contributed by atoms with Crippen LogP contribution in [0, 0.1) is 0 Å². The first-order valence-electron chi connectivity index (χ1n) is 7.21. The van der Waals surface area contributed by atoms with Crippen LogP contribution in [0.2, 0.25) is 0 Å². The first-order valence-corrected chi connectivity index (χ1v) is 7.21. The fraction of sp³-hybridized carbons (Fsp3) is 0.333. The molecule has 10 heteroatoms. The van der Waals surface area contributed by atoms with Crippen molar-refractivity contribution in [1.82, 2.24) is 9.97 Å². The lowest BCUT2D eigenvalue weighted by Crippen LogP contribution is -2.15. The number of ether oxygens (including phenoxy) is 3. The highest BCUT2D eigenvalue weighted by Gasteiger charge is 2.07. The fourth-order valence-electron chi connectivity index (χ4n) is 1.72. The van der Waals surface area contributed by atoms with Crippen LogP contribution in [-0.2, 0) is 0 Å². The van der Waals surface area contributed by atoms with Gasteiger partial charge in [0.2, 0.25) is 17.6 Å². The lowest BCUT2D eigenvalue weighted by Gasteiger charge is -2.11. The van der Waals surface area contributed by atoms with Crippen molar-refractivity contribution in [2.45, 2.75) is 13.2 Å². The van der Waals surface area contributed by atoms with E-state index in [1.165, 1.54) is 21.3 Å². The van der Waals surface area contributed by atoms with Gasteiger partial charge in [-0.1, -0.05) is 0 Å². The van der Waals surface area contributed by atoms with Crippen molar-refractivity contribution < 1.29 is 19.3 Å². The van der Waals surface area contributed by atoms with E-state index < -0.39 is 6.23 Å². The van der Waals surface area contributed by atoms with Crippen molar-refractivity contribution in [3.8, 4) is 17.6 Å². The Bertz CT molecular complexity index is 671. The van der Waals surface area contributed by atoms with Gasteiger partial charge in [-0.3, -0.25) is 0 Å². The minimum atomic E-state index is -0.693. The second kappa shape index (κ2) is 9.23. The van der Waals surface area contributed by atoms with Crippen LogP contribution >= 0.6 is 0 Å². The van der Waals surface area contributed by atoms with Gasteiger partial charge in [0, 0.05) is 6.07 Å². The molecule has 0 spiro atoms. The fourth-order valence-corrected chi connectivity index (χ4v) is 1.72. The molecule has 8 N–H and O–H groups in total. The van der Waals surface area contributed by atoms with Crippen LogP contribution in [0.15, 0.2) is 18.2 Å². The first kappa shape index (κ1) is 19.9. The summed E-state index contributed by atoms with van der Waals surface area (Å²) in [6.07, 6.45) is -0.693. The van der Waals surface area contributed by atoms with Crippen LogP contribution in [-0.4, -0.2) is 42.6 Å². The molecule has 0 saturated heterocycles. The van der Waals surface area contributed by atoms with Crippen LogP contribution in [0.1, 0.15) is 6.92 Å². The molecular weight excluding hydrogens is 328 g/mol. The summed E-state index contributed by atoms with van der Waals surface area (Å²) >= 11 is 0. The maximum Gasteiger partial charge on any atom is 0.240 e. The number of methoxy groups -OCH3 is 3. The van der Waals surface area contributed by atoms with Gasteiger partial charge in [0.25, 0.3) is 0 Å². The SMILES string of the molecule is COc1ccc(N)c(NC(C)O)n1.COc1nc(OC)c(N)cc1N. The number of hydrogen-bond donors (Lipinski definition) is 5. The van der Waals surface area contributed by atoms with Crippen LogP contribution in [0.5, 0.6) is 17.6 Å². The molecule has 2 aromatic rings. The van der Waals surface area contributed by atoms with Crippen molar-refractivity contribution in [2.24, 2.45) is 0 Å². The number of aromatic nitrogens is 2. The van der Waals surface area contributed by atoms with Gasteiger partial charge in [0.15, 0.2) is 5.82 Å². The van der Waals surface area contributed by atoms with Crippen molar-refractivity contribution in [3.05, 3.63) is 18.2 Å². The highest BCUT2D eigenvalue weighted by Crippen LogP contribution is 2.27. The summed E-state index contributed by atoms with van der Waals surface area (Å²) in [5.74, 6) is 1.52. The predicted octanol–water partition coefficient (Wildman–Crippen LogP) is 0.686. The first-order chi connectivity index (χ1) is 11.8. The Labute approximate surface area is 145 Å². The normalized spacial score (nSPS) is 10.9. The largest absolute Gasteiger partial charge is 0.481 e. The molecule has 25 heavy (non-hydrogen) atoms. The third kappa shape index (κ3) is 5.77. The Hall–Kier alpha value is -3.14. The molecule has 0 aromatic carbocycles. The van der Waals surface area contributed by atoms with E-state index >= 15 is 0 Å². The zero-order chi connectivity index (χ0) is 19.0. The number of nitrogens with one attached hydrogen (secondary N) is 1. The van der Waals surface area contributed by atoms with Crippen molar-refractivity contribution >= 4 is 22.9 Å². The highest BCUT2D eigenvalue weighted by molar-refractivity contribution is 5.62. The summed E-state index contributed by atoms with van der Waals surface area (Å²) in [5, 5.41) is 11.7. The zero-order valence-corrected chi connectivity index (χ0v) is 14.6. The molecule has 2 rings (SSSR count). The average Bonchev–Trinajstić information content (AvgIpc) is 2.57. The predicted molar refractivity (Wildman–Crippen MR) is 96.7 cm³/mol. The second-order valence-electron chi connectivity index (χ2n) is 4.80. The molecule has 0 saturated carbocycles. The molecule has 2 heterocycles. The maximum absolute atomic E-state index is 9.05. The third-order valence-corrected chi connectivity index (χ3v) is 2.85. The van der Waals surface area contributed by atoms with Gasteiger partial charge in [-0.2, -0.15) is 9.97 Å². The average molecular weight is 352 g/mol. The molecule has 2 aromatic heterocycles. The Balaban J connectivity index is 0.000000251. The molecule has 138 valence electrons. The second-order valence-corrected chi connectivity index (χ2v) is 4.80. The quantitative estimate of drug-likeness (QED) is 0.483. The van der Waals surface area contributed by atoms with Gasteiger partial charge in [-0.25, -0.2) is 0 Å². The monoisotopic (exact) mass is 352 g/mol. The van der Waals surface area contributed by atoms with E-state index in [1.54, 1.807) is 25.1 Å². The molecule has 0 amide bonds. The lowest BCUT2D eigenvalue weighted by atomic mass is 10.3. The third-order valence-electron chi connectivity index (χ3n) is 2.85. The minimum absolute atomic E-state index is 0.320. The van der Waals surface area contributed by atoms with Gasteiger partial charge in [0.05, 0.1) is 38.4 Å². The Morgan fingerprint density at radius 1 is 0.920 bits per heavy atom. The van der Waals surface area contributed by atoms with Crippen LogP contribution in [0.4, 0.5) is 22.9 Å². The number of nitrogen functional groups attached to an aromatic ring is 3. The Morgan fingerprint density at radius 3 is 1.92 bits per heavy atom. The van der Waals surface area contributed by atoms with E-state index in [0.29, 0.717) is 40.5 Å². The molecular formula is C15H24N6O4. The number of rotatable bonds is 5. The van der Waals surface area contributed by atoms with E-state index in [0.717, 1.165) is 0 Å². The summed E-state index contributed by atoms with van der Waals surface area (Å²) in [7, 11) is 4.48. The number of pyridine rings is 2. The van der Waals surface area contributed by atoms with Gasteiger partial charge >= 0.3 is 0 Å². The van der Waals surface area contributed by atoms with E-state index in [2.05, 4.69) is 15.3 Å². The molecule has 0 aliphatic carbocycles. The van der Waals surface area contributed by atoms with Gasteiger partial charge in [0.1, 0.15) is 6.23 Å². The van der Waals surface area contributed by atoms with Gasteiger partial charge < -0.3 is 41.8 Å². The van der Waals surface area contributed by atoms with E-state index in [4.69, 9.17) is 36.5 Å². The highest BCUT2D eigenvalue weighted by atomic mass is 16.5. The zero-order valence-electron chi connectivity index (χ0n) is 14.6. The van der Waals surface area contributed by atoms with Crippen LogP contribution in [0.3, 0.4) is 0 Å². The Kier molecular flexibility index (Phi) is 7.35. The topological polar surface area (TPSA) is 164 Å². The molecule has 10 nitrogen and oxygen atoms in total. The summed E-state index contributed by atoms with van der Waals surface area (Å²) in [5.41, 5.74) is 17.9. The lowest BCUT2D eigenvalue weighted by molar-refractivity contribution is 0.224. The molecule has 0 bridgehead atoms. The number of anilines is 4. The summed E-state index contributed by atoms with van der Waals surface area (Å²) < 4.78 is 14.6. The molecule has 0 aliphatic rings. The summed E-state index contributed by atoms with van der Waals surface area (Å²) in [6, 6.07) is 4.86. The number of nitrogens with two attached hydrogens (primary N) is 3. The minimum Gasteiger partial charge on any atom is -0.481 e. The standard InChI is InChI=1S/C8H13N3O2.C7H11N3O2/c1-5(12)10-8-6(9)3-4-7(11-8)13-2;1-11-6-4(8)3-5(9)7(10-6)12-2/h3-5,12H,9H2,1-2H3,(H,10,11);3H,8-9H2,1-2H3. The molecule has 0 aliphatic heterocycles. The molecule has 0 fully saturated rings. The van der Waals surface area contributed by atoms with E-state index in [1.807, 2.05) is 0 Å². The number of aliphatic hydroxyl groups excluding tert-OH is 1. The molecule has 0 radical (unpaired) electrons. The number of aliphatic hydroxyl groups is 1. The van der Waals surface area contributed by atoms with Crippen molar-refractivity contribution in [1.29, 1.82) is 0 Å². The summed E-state index contributed by atoms with van der Waals surface area (Å²) in [6.45, 7) is 1.58. The van der Waals surface area contributed by atoms with E-state index in [-0.39, 0.29) is 0 Å². The maximum atomic E-state index is 9.05. The smallest absolute Gasteiger partial charge is 0.240 e. The van der Waals surface area contributed by atoms with Crippen molar-refractivity contribution in [3.63, 3.8) is 0 Å². The Morgan fingerprint density at radius 2 is 1.48 bits per heavy atom. The van der Waals surface area contributed by atoms with Crippen LogP contribution in [0.25, 0.3) is 0 Å². The molecule has 1 atom stereocenters. The van der Waals surface area contributed by atoms with Gasteiger partial charge in [-0.15, -0.1) is 0 Å². The number of nitrogens with zero attached hydrogens (tertiary/aromatic N) is 2.